The monoisotopic (exact) mass is 257 g/mol. The van der Waals surface area contributed by atoms with Crippen molar-refractivity contribution in [1.82, 2.24) is 5.32 Å². The van der Waals surface area contributed by atoms with Gasteiger partial charge in [-0.05, 0) is 24.6 Å². The summed E-state index contributed by atoms with van der Waals surface area (Å²) in [6.45, 7) is 0.722. The van der Waals surface area contributed by atoms with Crippen molar-refractivity contribution in [1.29, 1.82) is 5.26 Å². The molecule has 1 heterocycles. The van der Waals surface area contributed by atoms with Crippen molar-refractivity contribution < 1.29 is 9.53 Å². The molecule has 1 aliphatic carbocycles. The van der Waals surface area contributed by atoms with E-state index >= 15 is 0 Å². The molecular formula is C14H15N3O2. The summed E-state index contributed by atoms with van der Waals surface area (Å²) in [5.74, 6) is 0.169. The van der Waals surface area contributed by atoms with Crippen LogP contribution in [-0.2, 0) is 4.74 Å². The topological polar surface area (TPSA) is 88.1 Å². The lowest BCUT2D eigenvalue weighted by Gasteiger charge is -2.45. The number of amides is 1. The van der Waals surface area contributed by atoms with Crippen LogP contribution in [0.4, 0.5) is 0 Å². The number of benzene rings is 1. The molecule has 0 aromatic heterocycles. The second kappa shape index (κ2) is 4.65. The van der Waals surface area contributed by atoms with Crippen molar-refractivity contribution in [2.75, 3.05) is 6.61 Å². The number of rotatable bonds is 2. The van der Waals surface area contributed by atoms with Gasteiger partial charge in [0.05, 0.1) is 23.8 Å². The van der Waals surface area contributed by atoms with Crippen molar-refractivity contribution in [3.05, 3.63) is 35.4 Å². The largest absolute Gasteiger partial charge is 0.376 e. The summed E-state index contributed by atoms with van der Waals surface area (Å²) in [5.41, 5.74) is 7.00. The number of nitrogens with zero attached hydrogens (tertiary/aromatic N) is 1. The Bertz CT molecular complexity index is 552. The fourth-order valence-corrected chi connectivity index (χ4v) is 2.89. The number of ether oxygens (including phenoxy) is 1. The van der Waals surface area contributed by atoms with Gasteiger partial charge in [0.2, 0.25) is 0 Å². The van der Waals surface area contributed by atoms with Crippen LogP contribution in [0.5, 0.6) is 0 Å². The number of carbonyl (C=O) groups excluding carboxylic acids is 1. The van der Waals surface area contributed by atoms with E-state index in [1.54, 1.807) is 24.3 Å². The predicted molar refractivity (Wildman–Crippen MR) is 68.2 cm³/mol. The van der Waals surface area contributed by atoms with Crippen LogP contribution in [0.2, 0.25) is 0 Å². The highest BCUT2D eigenvalue weighted by Crippen LogP contribution is 2.37. The molecule has 0 radical (unpaired) electrons. The van der Waals surface area contributed by atoms with E-state index in [0.29, 0.717) is 17.0 Å². The summed E-state index contributed by atoms with van der Waals surface area (Å²) in [4.78, 5) is 12.1. The van der Waals surface area contributed by atoms with Crippen LogP contribution >= 0.6 is 0 Å². The maximum atomic E-state index is 12.1. The fourth-order valence-electron chi connectivity index (χ4n) is 2.89. The van der Waals surface area contributed by atoms with Gasteiger partial charge in [0, 0.05) is 24.1 Å². The first-order chi connectivity index (χ1) is 9.20. The average Bonchev–Trinajstić information content (AvgIpc) is 2.89. The molecule has 0 bridgehead atoms. The van der Waals surface area contributed by atoms with Gasteiger partial charge in [0.25, 0.3) is 5.91 Å². The predicted octanol–water partition coefficient (Wildman–Crippen LogP) is 0.403. The van der Waals surface area contributed by atoms with Crippen LogP contribution in [-0.4, -0.2) is 30.7 Å². The van der Waals surface area contributed by atoms with Crippen molar-refractivity contribution in [3.63, 3.8) is 0 Å². The van der Waals surface area contributed by atoms with E-state index in [1.165, 1.54) is 0 Å². The lowest BCUT2D eigenvalue weighted by molar-refractivity contribution is -0.0161. The normalized spacial score (nSPS) is 32.0. The Morgan fingerprint density at radius 3 is 3.16 bits per heavy atom. The zero-order valence-electron chi connectivity index (χ0n) is 10.4. The first-order valence-corrected chi connectivity index (χ1v) is 6.39. The molecule has 0 spiro atoms. The molecule has 4 unspecified atom stereocenters. The molecule has 1 aromatic carbocycles. The molecule has 1 aliphatic heterocycles. The molecule has 4 atom stereocenters. The van der Waals surface area contributed by atoms with Crippen LogP contribution in [0.1, 0.15) is 22.3 Å². The van der Waals surface area contributed by atoms with Gasteiger partial charge in [-0.1, -0.05) is 6.07 Å². The van der Waals surface area contributed by atoms with Crippen LogP contribution in [0, 0.1) is 17.2 Å². The minimum atomic E-state index is -0.202. The van der Waals surface area contributed by atoms with Crippen molar-refractivity contribution in [3.8, 4) is 6.07 Å². The van der Waals surface area contributed by atoms with E-state index in [9.17, 15) is 4.79 Å². The second-order valence-corrected chi connectivity index (χ2v) is 5.06. The summed E-state index contributed by atoms with van der Waals surface area (Å²) in [6.07, 6.45) is 1.03. The highest BCUT2D eigenvalue weighted by atomic mass is 16.5. The van der Waals surface area contributed by atoms with E-state index in [-0.39, 0.29) is 24.1 Å². The summed E-state index contributed by atoms with van der Waals surface area (Å²) >= 11 is 0. The van der Waals surface area contributed by atoms with Gasteiger partial charge in [-0.3, -0.25) is 4.79 Å². The van der Waals surface area contributed by atoms with E-state index in [4.69, 9.17) is 15.7 Å². The molecule has 19 heavy (non-hydrogen) atoms. The highest BCUT2D eigenvalue weighted by Gasteiger charge is 2.52. The van der Waals surface area contributed by atoms with Gasteiger partial charge in [-0.2, -0.15) is 5.26 Å². The molecular weight excluding hydrogens is 242 g/mol. The maximum Gasteiger partial charge on any atom is 0.251 e. The molecule has 3 rings (SSSR count). The van der Waals surface area contributed by atoms with Gasteiger partial charge in [0.15, 0.2) is 0 Å². The summed E-state index contributed by atoms with van der Waals surface area (Å²) in [6, 6.07) is 8.50. The quantitative estimate of drug-likeness (QED) is 0.802. The van der Waals surface area contributed by atoms with Gasteiger partial charge < -0.3 is 15.8 Å². The minimum absolute atomic E-state index is 0.0319. The van der Waals surface area contributed by atoms with E-state index in [1.807, 2.05) is 6.07 Å². The number of hydrogen-bond donors (Lipinski definition) is 2. The highest BCUT2D eigenvalue weighted by molar-refractivity contribution is 5.94. The smallest absolute Gasteiger partial charge is 0.251 e. The molecule has 1 saturated carbocycles. The first kappa shape index (κ1) is 12.2. The van der Waals surface area contributed by atoms with Crippen LogP contribution in [0.3, 0.4) is 0 Å². The average molecular weight is 257 g/mol. The molecule has 3 N–H and O–H groups in total. The fraction of sp³-hybridized carbons (Fsp3) is 0.429. The third-order valence-corrected chi connectivity index (χ3v) is 4.00. The molecule has 1 saturated heterocycles. The second-order valence-electron chi connectivity index (χ2n) is 5.06. The molecule has 1 aromatic rings. The Hall–Kier alpha value is -1.90. The number of carbonyl (C=O) groups is 1. The Morgan fingerprint density at radius 1 is 1.53 bits per heavy atom. The third kappa shape index (κ3) is 1.99. The third-order valence-electron chi connectivity index (χ3n) is 4.00. The van der Waals surface area contributed by atoms with Crippen LogP contribution < -0.4 is 11.1 Å². The van der Waals surface area contributed by atoms with Crippen molar-refractivity contribution in [2.45, 2.75) is 24.6 Å². The Labute approximate surface area is 111 Å². The zero-order chi connectivity index (χ0) is 13.4. The van der Waals surface area contributed by atoms with Gasteiger partial charge in [-0.15, -0.1) is 0 Å². The number of nitriles is 1. The summed E-state index contributed by atoms with van der Waals surface area (Å²) < 4.78 is 5.57. The molecule has 1 amide bonds. The van der Waals surface area contributed by atoms with Gasteiger partial charge in [-0.25, -0.2) is 0 Å². The molecule has 5 nitrogen and oxygen atoms in total. The van der Waals surface area contributed by atoms with E-state index in [2.05, 4.69) is 5.32 Å². The number of fused-ring (bicyclic) bond motifs is 1. The standard InChI is InChI=1S/C14H15N3O2/c15-7-8-2-1-3-9(6-8)14(18)17-12-11(16)10-4-5-19-13(10)12/h1-3,6,10-13H,4-5,16H2,(H,17,18). The van der Waals surface area contributed by atoms with Crippen LogP contribution in [0.25, 0.3) is 0 Å². The Kier molecular flexibility index (Phi) is 2.97. The lowest BCUT2D eigenvalue weighted by Crippen LogP contribution is -2.68. The first-order valence-electron chi connectivity index (χ1n) is 6.39. The zero-order valence-corrected chi connectivity index (χ0v) is 10.4. The van der Waals surface area contributed by atoms with E-state index in [0.717, 1.165) is 13.0 Å². The lowest BCUT2D eigenvalue weighted by atomic mass is 9.72. The minimum Gasteiger partial charge on any atom is -0.376 e. The van der Waals surface area contributed by atoms with Gasteiger partial charge in [0.1, 0.15) is 0 Å². The molecule has 2 fully saturated rings. The van der Waals surface area contributed by atoms with E-state index < -0.39 is 0 Å². The Morgan fingerprint density at radius 2 is 2.37 bits per heavy atom. The maximum absolute atomic E-state index is 12.1. The van der Waals surface area contributed by atoms with Crippen molar-refractivity contribution in [2.24, 2.45) is 11.7 Å². The number of nitrogens with one attached hydrogen (secondary N) is 1. The van der Waals surface area contributed by atoms with Crippen LogP contribution in [0.15, 0.2) is 24.3 Å². The number of hydrogen-bond acceptors (Lipinski definition) is 4. The number of nitrogens with two attached hydrogens (primary N) is 1. The molecule has 5 heteroatoms. The Balaban J connectivity index is 1.70. The van der Waals surface area contributed by atoms with Gasteiger partial charge >= 0.3 is 0 Å². The summed E-state index contributed by atoms with van der Waals surface area (Å²) in [5, 5.41) is 11.7. The summed E-state index contributed by atoms with van der Waals surface area (Å²) in [7, 11) is 0. The SMILES string of the molecule is N#Cc1cccc(C(=O)NC2C(N)C3CCOC32)c1. The molecule has 98 valence electrons. The van der Waals surface area contributed by atoms with Crippen molar-refractivity contribution >= 4 is 5.91 Å². The molecule has 2 aliphatic rings.